The number of sulfonamides is 1. The molecule has 0 atom stereocenters. The summed E-state index contributed by atoms with van der Waals surface area (Å²) in [7, 11) is -2.29. The number of aryl methyl sites for hydroxylation is 1. The highest BCUT2D eigenvalue weighted by molar-refractivity contribution is 7.93. The fourth-order valence-corrected chi connectivity index (χ4v) is 4.78. The number of benzene rings is 3. The summed E-state index contributed by atoms with van der Waals surface area (Å²) in [5.74, 6) is 1.24. The van der Waals surface area contributed by atoms with Gasteiger partial charge in [-0.2, -0.15) is 0 Å². The number of ether oxygens (including phenoxy) is 2. The topological polar surface area (TPSA) is 55.8 Å². The first-order valence-corrected chi connectivity index (χ1v) is 10.6. The van der Waals surface area contributed by atoms with E-state index in [1.807, 2.05) is 25.1 Å². The second-order valence-corrected chi connectivity index (χ2v) is 8.47. The Morgan fingerprint density at radius 2 is 1.69 bits per heavy atom. The third kappa shape index (κ3) is 3.59. The lowest BCUT2D eigenvalue weighted by molar-refractivity contribution is 0.355. The minimum absolute atomic E-state index is 0.226. The molecule has 0 amide bonds. The zero-order valence-corrected chi connectivity index (χ0v) is 17.0. The second kappa shape index (κ2) is 7.64. The van der Waals surface area contributed by atoms with Crippen LogP contribution in [0.25, 0.3) is 5.70 Å². The molecule has 148 valence electrons. The van der Waals surface area contributed by atoms with Gasteiger partial charge in [-0.25, -0.2) is 12.7 Å². The van der Waals surface area contributed by atoms with Crippen LogP contribution in [0.5, 0.6) is 11.5 Å². The first-order chi connectivity index (χ1) is 14.0. The van der Waals surface area contributed by atoms with E-state index < -0.39 is 10.0 Å². The monoisotopic (exact) mass is 407 g/mol. The highest BCUT2D eigenvalue weighted by Gasteiger charge is 2.31. The number of fused-ring (bicyclic) bond motifs is 1. The second-order valence-electron chi connectivity index (χ2n) is 6.68. The molecule has 4 rings (SSSR count). The average Bonchev–Trinajstić information content (AvgIpc) is 2.74. The molecule has 1 aliphatic rings. The van der Waals surface area contributed by atoms with E-state index in [1.54, 1.807) is 67.8 Å². The molecule has 0 fully saturated rings. The summed E-state index contributed by atoms with van der Waals surface area (Å²) in [6.07, 6.45) is 1.78. The van der Waals surface area contributed by atoms with Crippen LogP contribution in [0, 0.1) is 6.92 Å². The molecule has 0 aliphatic carbocycles. The Labute approximate surface area is 170 Å². The highest BCUT2D eigenvalue weighted by Crippen LogP contribution is 2.39. The van der Waals surface area contributed by atoms with E-state index in [0.29, 0.717) is 28.4 Å². The van der Waals surface area contributed by atoms with Crippen molar-refractivity contribution in [3.05, 3.63) is 90.0 Å². The summed E-state index contributed by atoms with van der Waals surface area (Å²) in [6, 6.07) is 21.3. The number of rotatable bonds is 5. The molecule has 1 heterocycles. The van der Waals surface area contributed by atoms with Gasteiger partial charge in [-0.1, -0.05) is 35.9 Å². The van der Waals surface area contributed by atoms with Crippen LogP contribution in [0.1, 0.15) is 11.1 Å². The molecule has 0 unspecified atom stereocenters. The molecule has 0 N–H and O–H groups in total. The lowest BCUT2D eigenvalue weighted by Gasteiger charge is -2.30. The van der Waals surface area contributed by atoms with Gasteiger partial charge in [0.05, 0.1) is 23.4 Å². The minimum Gasteiger partial charge on any atom is -0.497 e. The zero-order chi connectivity index (χ0) is 20.4. The summed E-state index contributed by atoms with van der Waals surface area (Å²) < 4.78 is 39.9. The molecule has 0 saturated heterocycles. The molecule has 3 aromatic rings. The maximum atomic E-state index is 13.7. The van der Waals surface area contributed by atoms with Crippen LogP contribution < -0.4 is 13.8 Å². The van der Waals surface area contributed by atoms with Crippen LogP contribution in [-0.4, -0.2) is 22.1 Å². The molecule has 0 radical (unpaired) electrons. The molecule has 0 bridgehead atoms. The van der Waals surface area contributed by atoms with Gasteiger partial charge >= 0.3 is 0 Å². The van der Waals surface area contributed by atoms with Crippen molar-refractivity contribution in [1.82, 2.24) is 0 Å². The van der Waals surface area contributed by atoms with Crippen LogP contribution in [0.2, 0.25) is 0 Å². The lowest BCUT2D eigenvalue weighted by atomic mass is 10.1. The SMILES string of the molecule is COc1ccc2c(c1)C(N(c1ccccc1)S(=O)(=O)c1ccc(C)cc1)=CCO2. The van der Waals surface area contributed by atoms with Gasteiger partial charge in [-0.3, -0.25) is 0 Å². The first-order valence-electron chi connectivity index (χ1n) is 9.19. The summed E-state index contributed by atoms with van der Waals surface area (Å²) in [5, 5.41) is 0. The fraction of sp³-hybridized carbons (Fsp3) is 0.130. The maximum Gasteiger partial charge on any atom is 0.268 e. The molecule has 1 aliphatic heterocycles. The van der Waals surface area contributed by atoms with Gasteiger partial charge in [0.25, 0.3) is 10.0 Å². The number of hydrogen-bond donors (Lipinski definition) is 0. The van der Waals surface area contributed by atoms with Crippen LogP contribution in [0.15, 0.2) is 83.8 Å². The van der Waals surface area contributed by atoms with Crippen molar-refractivity contribution in [3.63, 3.8) is 0 Å². The van der Waals surface area contributed by atoms with Crippen molar-refractivity contribution in [2.75, 3.05) is 18.0 Å². The van der Waals surface area contributed by atoms with E-state index in [9.17, 15) is 8.42 Å². The lowest BCUT2D eigenvalue weighted by Crippen LogP contribution is -2.31. The molecule has 29 heavy (non-hydrogen) atoms. The predicted molar refractivity (Wildman–Crippen MR) is 114 cm³/mol. The van der Waals surface area contributed by atoms with Gasteiger partial charge in [-0.05, 0) is 55.5 Å². The van der Waals surface area contributed by atoms with E-state index in [1.165, 1.54) is 4.31 Å². The van der Waals surface area contributed by atoms with Crippen molar-refractivity contribution in [3.8, 4) is 11.5 Å². The Hall–Kier alpha value is -3.25. The standard InChI is InChI=1S/C23H21NO4S/c1-17-8-11-20(12-9-17)29(25,26)24(18-6-4-3-5-7-18)22-14-15-28-23-13-10-19(27-2)16-21(22)23/h3-14,16H,15H2,1-2H3. The summed E-state index contributed by atoms with van der Waals surface area (Å²) in [6.45, 7) is 2.20. The van der Waals surface area contributed by atoms with E-state index in [2.05, 4.69) is 0 Å². The highest BCUT2D eigenvalue weighted by atomic mass is 32.2. The van der Waals surface area contributed by atoms with Gasteiger partial charge in [0.2, 0.25) is 0 Å². The molecule has 0 aromatic heterocycles. The van der Waals surface area contributed by atoms with Crippen LogP contribution in [0.3, 0.4) is 0 Å². The molecular weight excluding hydrogens is 386 g/mol. The zero-order valence-electron chi connectivity index (χ0n) is 16.2. The minimum atomic E-state index is -3.86. The molecule has 6 heteroatoms. The number of hydrogen-bond acceptors (Lipinski definition) is 4. The smallest absolute Gasteiger partial charge is 0.268 e. The molecule has 0 spiro atoms. The summed E-state index contributed by atoms with van der Waals surface area (Å²) >= 11 is 0. The number of para-hydroxylation sites is 1. The van der Waals surface area contributed by atoms with Crippen molar-refractivity contribution < 1.29 is 17.9 Å². The number of nitrogens with zero attached hydrogens (tertiary/aromatic N) is 1. The van der Waals surface area contributed by atoms with Crippen molar-refractivity contribution in [1.29, 1.82) is 0 Å². The van der Waals surface area contributed by atoms with Crippen LogP contribution in [0.4, 0.5) is 5.69 Å². The molecular formula is C23H21NO4S. The molecule has 0 saturated carbocycles. The average molecular weight is 407 g/mol. The van der Waals surface area contributed by atoms with Gasteiger partial charge in [0.15, 0.2) is 0 Å². The molecule has 3 aromatic carbocycles. The fourth-order valence-electron chi connectivity index (χ4n) is 3.26. The van der Waals surface area contributed by atoms with E-state index in [-0.39, 0.29) is 11.5 Å². The van der Waals surface area contributed by atoms with Crippen molar-refractivity contribution in [2.45, 2.75) is 11.8 Å². The van der Waals surface area contributed by atoms with E-state index in [0.717, 1.165) is 5.56 Å². The first kappa shape index (κ1) is 19.1. The largest absolute Gasteiger partial charge is 0.497 e. The summed E-state index contributed by atoms with van der Waals surface area (Å²) in [4.78, 5) is 0.226. The molecule has 5 nitrogen and oxygen atoms in total. The van der Waals surface area contributed by atoms with E-state index >= 15 is 0 Å². The Bertz CT molecular complexity index is 1150. The van der Waals surface area contributed by atoms with Gasteiger partial charge in [-0.15, -0.1) is 0 Å². The van der Waals surface area contributed by atoms with Gasteiger partial charge in [0, 0.05) is 5.56 Å². The van der Waals surface area contributed by atoms with Crippen molar-refractivity contribution >= 4 is 21.4 Å². The number of methoxy groups -OCH3 is 1. The predicted octanol–water partition coefficient (Wildman–Crippen LogP) is 4.63. The van der Waals surface area contributed by atoms with Gasteiger partial charge < -0.3 is 9.47 Å². The van der Waals surface area contributed by atoms with Gasteiger partial charge in [0.1, 0.15) is 18.1 Å². The maximum absolute atomic E-state index is 13.7. The summed E-state index contributed by atoms with van der Waals surface area (Å²) in [5.41, 5.74) is 2.75. The van der Waals surface area contributed by atoms with Crippen LogP contribution >= 0.6 is 0 Å². The quantitative estimate of drug-likeness (QED) is 0.619. The Morgan fingerprint density at radius 3 is 2.38 bits per heavy atom. The van der Waals surface area contributed by atoms with Crippen molar-refractivity contribution in [2.24, 2.45) is 0 Å². The van der Waals surface area contributed by atoms with Crippen LogP contribution in [-0.2, 0) is 10.0 Å². The Morgan fingerprint density at radius 1 is 0.966 bits per heavy atom. The Kier molecular flexibility index (Phi) is 5.03. The number of anilines is 1. The third-order valence-electron chi connectivity index (χ3n) is 4.75. The van der Waals surface area contributed by atoms with E-state index in [4.69, 9.17) is 9.47 Å². The normalized spacial score (nSPS) is 13.1. The third-order valence-corrected chi connectivity index (χ3v) is 6.50. The Balaban J connectivity index is 1.92.